The van der Waals surface area contributed by atoms with E-state index in [-0.39, 0.29) is 29.2 Å². The second-order valence-electron chi connectivity index (χ2n) is 6.33. The zero-order chi connectivity index (χ0) is 20.4. The van der Waals surface area contributed by atoms with Gasteiger partial charge in [0.05, 0.1) is 34.4 Å². The molecule has 2 aromatic rings. The van der Waals surface area contributed by atoms with Gasteiger partial charge in [-0.05, 0) is 30.0 Å². The van der Waals surface area contributed by atoms with Crippen molar-refractivity contribution in [2.45, 2.75) is 30.2 Å². The van der Waals surface area contributed by atoms with Crippen LogP contribution in [0, 0.1) is 0 Å². The summed E-state index contributed by atoms with van der Waals surface area (Å²) in [6.45, 7) is 0.317. The van der Waals surface area contributed by atoms with Crippen molar-refractivity contribution in [3.05, 3.63) is 46.3 Å². The molecule has 0 saturated carbocycles. The highest BCUT2D eigenvalue weighted by molar-refractivity contribution is 7.99. The van der Waals surface area contributed by atoms with Crippen LogP contribution in [-0.2, 0) is 27.4 Å². The number of thiophene rings is 1. The first-order valence-electron chi connectivity index (χ1n) is 8.32. The van der Waals surface area contributed by atoms with Gasteiger partial charge in [0.1, 0.15) is 0 Å². The lowest BCUT2D eigenvalue weighted by molar-refractivity contribution is -0.138. The Morgan fingerprint density at radius 2 is 2.11 bits per heavy atom. The molecule has 0 unspecified atom stereocenters. The molecule has 0 radical (unpaired) electrons. The van der Waals surface area contributed by atoms with Crippen LogP contribution < -0.4 is 0 Å². The molecule has 0 spiro atoms. The molecule has 11 heteroatoms. The number of pyridine rings is 1. The van der Waals surface area contributed by atoms with Gasteiger partial charge in [-0.3, -0.25) is 4.79 Å². The summed E-state index contributed by atoms with van der Waals surface area (Å²) >= 11 is 2.51. The van der Waals surface area contributed by atoms with Crippen LogP contribution in [0.3, 0.4) is 0 Å². The lowest BCUT2D eigenvalue weighted by Crippen LogP contribution is -2.41. The zero-order valence-corrected chi connectivity index (χ0v) is 17.0. The van der Waals surface area contributed by atoms with Crippen molar-refractivity contribution in [1.29, 1.82) is 0 Å². The SMILES string of the molecule is O=C(CSc1ccc(C(F)(F)F)cn1)N(Cc1cccs1)[C@H]1CCS(=O)(=O)C1. The third kappa shape index (κ3) is 5.48. The molecule has 3 heterocycles. The molecule has 1 atom stereocenters. The normalized spacial score (nSPS) is 18.9. The van der Waals surface area contributed by atoms with Gasteiger partial charge in [-0.2, -0.15) is 13.2 Å². The Labute approximate surface area is 168 Å². The third-order valence-electron chi connectivity index (χ3n) is 4.28. The first-order chi connectivity index (χ1) is 13.1. The van der Waals surface area contributed by atoms with E-state index in [0.29, 0.717) is 18.0 Å². The van der Waals surface area contributed by atoms with Gasteiger partial charge >= 0.3 is 6.18 Å². The molecule has 1 fully saturated rings. The Balaban J connectivity index is 1.67. The molecular formula is C17H17F3N2O3S3. The Bertz CT molecular complexity index is 913. The summed E-state index contributed by atoms with van der Waals surface area (Å²) in [6.07, 6.45) is -3.33. The summed E-state index contributed by atoms with van der Waals surface area (Å²) in [5.74, 6) is -0.296. The van der Waals surface area contributed by atoms with Crippen LogP contribution >= 0.6 is 23.1 Å². The lowest BCUT2D eigenvalue weighted by Gasteiger charge is -2.27. The summed E-state index contributed by atoms with van der Waals surface area (Å²) in [5, 5.41) is 2.18. The van der Waals surface area contributed by atoms with E-state index in [4.69, 9.17) is 0 Å². The minimum Gasteiger partial charge on any atom is -0.333 e. The number of thioether (sulfide) groups is 1. The van der Waals surface area contributed by atoms with Crippen LogP contribution in [0.25, 0.3) is 0 Å². The van der Waals surface area contributed by atoms with Crippen molar-refractivity contribution in [2.24, 2.45) is 0 Å². The van der Waals surface area contributed by atoms with E-state index in [1.54, 1.807) is 4.90 Å². The van der Waals surface area contributed by atoms with E-state index in [1.807, 2.05) is 17.5 Å². The van der Waals surface area contributed by atoms with E-state index < -0.39 is 21.6 Å². The molecule has 5 nitrogen and oxygen atoms in total. The first-order valence-corrected chi connectivity index (χ1v) is 12.0. The molecule has 0 N–H and O–H groups in total. The molecule has 0 bridgehead atoms. The van der Waals surface area contributed by atoms with Gasteiger partial charge in [-0.15, -0.1) is 11.3 Å². The fraction of sp³-hybridized carbons (Fsp3) is 0.412. The molecule has 2 aromatic heterocycles. The van der Waals surface area contributed by atoms with Crippen LogP contribution in [0.4, 0.5) is 13.2 Å². The predicted octanol–water partition coefficient (Wildman–Crippen LogP) is 3.47. The average Bonchev–Trinajstić information content (AvgIpc) is 3.26. The molecule has 0 aliphatic carbocycles. The number of rotatable bonds is 6. The van der Waals surface area contributed by atoms with Crippen LogP contribution in [0.1, 0.15) is 16.9 Å². The van der Waals surface area contributed by atoms with E-state index in [9.17, 15) is 26.4 Å². The quantitative estimate of drug-likeness (QED) is 0.631. The largest absolute Gasteiger partial charge is 0.417 e. The highest BCUT2D eigenvalue weighted by atomic mass is 32.2. The third-order valence-corrected chi connectivity index (χ3v) is 7.82. The summed E-state index contributed by atoms with van der Waals surface area (Å²) in [6, 6.07) is 5.49. The van der Waals surface area contributed by atoms with Crippen LogP contribution in [-0.4, -0.2) is 47.5 Å². The molecule has 0 aromatic carbocycles. The molecule has 152 valence electrons. The number of carbonyl (C=O) groups excluding carboxylic acids is 1. The van der Waals surface area contributed by atoms with E-state index in [0.717, 1.165) is 28.9 Å². The number of alkyl halides is 3. The average molecular weight is 451 g/mol. The number of sulfone groups is 1. The van der Waals surface area contributed by atoms with Crippen molar-refractivity contribution >= 4 is 38.8 Å². The molecule has 1 amide bonds. The standard InChI is InChI=1S/C17H17F3N2O3S3/c18-17(19,20)12-3-4-15(21-8-12)27-10-16(23)22(9-14-2-1-6-26-14)13-5-7-28(24,25)11-13/h1-4,6,8,13H,5,7,9-11H2/t13-/m0/s1. The number of amides is 1. The molecule has 1 aliphatic heterocycles. The van der Waals surface area contributed by atoms with Crippen molar-refractivity contribution in [2.75, 3.05) is 17.3 Å². The van der Waals surface area contributed by atoms with Gasteiger partial charge in [-0.25, -0.2) is 13.4 Å². The zero-order valence-electron chi connectivity index (χ0n) is 14.6. The first kappa shape index (κ1) is 21.1. The number of hydrogen-bond donors (Lipinski definition) is 0. The molecular weight excluding hydrogens is 433 g/mol. The monoisotopic (exact) mass is 450 g/mol. The number of nitrogens with zero attached hydrogens (tertiary/aromatic N) is 2. The predicted molar refractivity (Wildman–Crippen MR) is 102 cm³/mol. The summed E-state index contributed by atoms with van der Waals surface area (Å²) < 4.78 is 61.4. The number of carbonyl (C=O) groups is 1. The Kier molecular flexibility index (Phi) is 6.35. The van der Waals surface area contributed by atoms with Gasteiger partial charge in [0.2, 0.25) is 5.91 Å². The highest BCUT2D eigenvalue weighted by Crippen LogP contribution is 2.30. The van der Waals surface area contributed by atoms with Crippen molar-refractivity contribution in [1.82, 2.24) is 9.88 Å². The molecule has 1 saturated heterocycles. The summed E-state index contributed by atoms with van der Waals surface area (Å²) in [7, 11) is -3.15. The van der Waals surface area contributed by atoms with Crippen LogP contribution in [0.15, 0.2) is 40.9 Å². The van der Waals surface area contributed by atoms with Gasteiger partial charge in [0.25, 0.3) is 0 Å². The summed E-state index contributed by atoms with van der Waals surface area (Å²) in [4.78, 5) is 19.0. The molecule has 1 aliphatic rings. The topological polar surface area (TPSA) is 67.3 Å². The molecule has 28 heavy (non-hydrogen) atoms. The van der Waals surface area contributed by atoms with E-state index in [2.05, 4.69) is 4.98 Å². The van der Waals surface area contributed by atoms with Gasteiger partial charge in [0.15, 0.2) is 9.84 Å². The maximum absolute atomic E-state index is 12.8. The second-order valence-corrected chi connectivity index (χ2v) is 10.6. The number of aromatic nitrogens is 1. The Hall–Kier alpha value is -1.59. The molecule has 3 rings (SSSR count). The minimum absolute atomic E-state index is 0.0275. The van der Waals surface area contributed by atoms with Crippen molar-refractivity contribution in [3.63, 3.8) is 0 Å². The minimum atomic E-state index is -4.46. The Morgan fingerprint density at radius 1 is 1.32 bits per heavy atom. The lowest BCUT2D eigenvalue weighted by atomic mass is 10.2. The van der Waals surface area contributed by atoms with Gasteiger partial charge < -0.3 is 4.90 Å². The summed E-state index contributed by atoms with van der Waals surface area (Å²) in [5.41, 5.74) is -0.848. The Morgan fingerprint density at radius 3 is 2.64 bits per heavy atom. The van der Waals surface area contributed by atoms with Crippen LogP contribution in [0.5, 0.6) is 0 Å². The second kappa shape index (κ2) is 8.42. The van der Waals surface area contributed by atoms with Gasteiger partial charge in [-0.1, -0.05) is 17.8 Å². The van der Waals surface area contributed by atoms with Crippen LogP contribution in [0.2, 0.25) is 0 Å². The number of hydrogen-bond acceptors (Lipinski definition) is 6. The smallest absolute Gasteiger partial charge is 0.333 e. The number of halogens is 3. The van der Waals surface area contributed by atoms with E-state index >= 15 is 0 Å². The van der Waals surface area contributed by atoms with Gasteiger partial charge in [0, 0.05) is 17.1 Å². The fourth-order valence-electron chi connectivity index (χ4n) is 2.86. The van der Waals surface area contributed by atoms with Crippen molar-refractivity contribution < 1.29 is 26.4 Å². The van der Waals surface area contributed by atoms with Crippen molar-refractivity contribution in [3.8, 4) is 0 Å². The fourth-order valence-corrected chi connectivity index (χ4v) is 6.03. The maximum Gasteiger partial charge on any atom is 0.417 e. The highest BCUT2D eigenvalue weighted by Gasteiger charge is 2.35. The maximum atomic E-state index is 12.8. The van der Waals surface area contributed by atoms with E-state index in [1.165, 1.54) is 17.4 Å².